The number of hydrogen-bond acceptors (Lipinski definition) is 4. The number of fused-ring (bicyclic) bond motifs is 1. The number of nitrogens with one attached hydrogen (secondary N) is 4. The summed E-state index contributed by atoms with van der Waals surface area (Å²) in [4.78, 5) is 38.6. The molecule has 27 heavy (non-hydrogen) atoms. The molecule has 2 fully saturated rings. The summed E-state index contributed by atoms with van der Waals surface area (Å²) in [6.07, 6.45) is 0.730. The van der Waals surface area contributed by atoms with E-state index in [9.17, 15) is 14.4 Å². The zero-order chi connectivity index (χ0) is 19.4. The predicted octanol–water partition coefficient (Wildman–Crippen LogP) is 0.0653. The van der Waals surface area contributed by atoms with Gasteiger partial charge in [-0.05, 0) is 32.4 Å². The lowest BCUT2D eigenvalue weighted by atomic mass is 10.1. The largest absolute Gasteiger partial charge is 0.350 e. The van der Waals surface area contributed by atoms with Crippen molar-refractivity contribution in [2.75, 3.05) is 19.6 Å². The van der Waals surface area contributed by atoms with E-state index < -0.39 is 6.04 Å². The highest BCUT2D eigenvalue weighted by atomic mass is 16.2. The fourth-order valence-electron chi connectivity index (χ4n) is 3.59. The first kappa shape index (κ1) is 19.2. The topological polar surface area (TPSA) is 103 Å². The molecule has 8 nitrogen and oxygen atoms in total. The summed E-state index contributed by atoms with van der Waals surface area (Å²) >= 11 is 0. The van der Waals surface area contributed by atoms with Gasteiger partial charge in [-0.15, -0.1) is 0 Å². The Morgan fingerprint density at radius 2 is 2.00 bits per heavy atom. The molecule has 4 amide bonds. The number of carbonyl (C=O) groups excluding carboxylic acids is 3. The first-order valence-electron chi connectivity index (χ1n) is 9.38. The highest BCUT2D eigenvalue weighted by Crippen LogP contribution is 2.21. The average Bonchev–Trinajstić information content (AvgIpc) is 3.04. The molecule has 0 radical (unpaired) electrons. The van der Waals surface area contributed by atoms with E-state index in [1.165, 1.54) is 0 Å². The van der Waals surface area contributed by atoms with E-state index in [0.717, 1.165) is 6.42 Å². The number of piperazine rings is 1. The van der Waals surface area contributed by atoms with Crippen molar-refractivity contribution in [1.29, 1.82) is 0 Å². The van der Waals surface area contributed by atoms with Crippen LogP contribution < -0.4 is 21.3 Å². The van der Waals surface area contributed by atoms with E-state index >= 15 is 0 Å². The molecule has 0 saturated carbocycles. The molecule has 2 saturated heterocycles. The molecule has 0 spiro atoms. The lowest BCUT2D eigenvalue weighted by Gasteiger charge is -2.35. The zero-order valence-electron chi connectivity index (χ0n) is 15.7. The van der Waals surface area contributed by atoms with Crippen LogP contribution in [0.4, 0.5) is 4.79 Å². The third-order valence-corrected chi connectivity index (χ3v) is 4.85. The third-order valence-electron chi connectivity index (χ3n) is 4.85. The van der Waals surface area contributed by atoms with Crippen LogP contribution in [0.25, 0.3) is 0 Å². The molecule has 2 aliphatic rings. The van der Waals surface area contributed by atoms with Gasteiger partial charge in [-0.3, -0.25) is 9.59 Å². The van der Waals surface area contributed by atoms with Gasteiger partial charge in [0, 0.05) is 37.3 Å². The van der Waals surface area contributed by atoms with Crippen molar-refractivity contribution in [3.63, 3.8) is 0 Å². The van der Waals surface area contributed by atoms with Gasteiger partial charge in [-0.2, -0.15) is 0 Å². The van der Waals surface area contributed by atoms with Gasteiger partial charge in [0.15, 0.2) is 0 Å². The Balaban J connectivity index is 1.50. The summed E-state index contributed by atoms with van der Waals surface area (Å²) in [7, 11) is 0. The second kappa shape index (κ2) is 8.39. The van der Waals surface area contributed by atoms with E-state index in [-0.39, 0.29) is 42.5 Å². The van der Waals surface area contributed by atoms with E-state index in [1.807, 2.05) is 24.8 Å². The predicted molar refractivity (Wildman–Crippen MR) is 101 cm³/mol. The van der Waals surface area contributed by atoms with E-state index in [0.29, 0.717) is 18.7 Å². The minimum Gasteiger partial charge on any atom is -0.350 e. The molecule has 0 bridgehead atoms. The van der Waals surface area contributed by atoms with Crippen molar-refractivity contribution >= 4 is 17.8 Å². The summed E-state index contributed by atoms with van der Waals surface area (Å²) in [6.45, 7) is 5.20. The summed E-state index contributed by atoms with van der Waals surface area (Å²) in [5, 5.41) is 11.8. The van der Waals surface area contributed by atoms with Crippen LogP contribution in [0.15, 0.2) is 30.3 Å². The molecule has 2 aliphatic heterocycles. The molecule has 1 aromatic carbocycles. The molecule has 4 N–H and O–H groups in total. The number of hydrogen-bond donors (Lipinski definition) is 4. The summed E-state index contributed by atoms with van der Waals surface area (Å²) in [5.41, 5.74) is 0.570. The van der Waals surface area contributed by atoms with Crippen molar-refractivity contribution in [3.05, 3.63) is 35.9 Å². The summed E-state index contributed by atoms with van der Waals surface area (Å²) < 4.78 is 0. The van der Waals surface area contributed by atoms with Gasteiger partial charge in [0.05, 0.1) is 6.04 Å². The molecule has 0 unspecified atom stereocenters. The number of benzene rings is 1. The second-order valence-electron chi connectivity index (χ2n) is 7.39. The lowest BCUT2D eigenvalue weighted by Crippen LogP contribution is -2.61. The van der Waals surface area contributed by atoms with Crippen LogP contribution in [0, 0.1) is 0 Å². The van der Waals surface area contributed by atoms with Gasteiger partial charge in [-0.25, -0.2) is 4.79 Å². The summed E-state index contributed by atoms with van der Waals surface area (Å²) in [6, 6.07) is 8.35. The Morgan fingerprint density at radius 1 is 1.26 bits per heavy atom. The molecular weight excluding hydrogens is 346 g/mol. The maximum Gasteiger partial charge on any atom is 0.315 e. The Bertz CT molecular complexity index is 694. The van der Waals surface area contributed by atoms with Gasteiger partial charge in [-0.1, -0.05) is 18.2 Å². The fourth-order valence-corrected chi connectivity index (χ4v) is 3.59. The maximum atomic E-state index is 12.7. The SMILES string of the molecule is CC(C)NC(=O)N[C@H]1C[C@H]2CN[C@@H](CNC(=O)c3ccccc3)C(=O)N2C1. The lowest BCUT2D eigenvalue weighted by molar-refractivity contribution is -0.136. The van der Waals surface area contributed by atoms with Crippen molar-refractivity contribution in [1.82, 2.24) is 26.2 Å². The second-order valence-corrected chi connectivity index (χ2v) is 7.39. The smallest absolute Gasteiger partial charge is 0.315 e. The fraction of sp³-hybridized carbons (Fsp3) is 0.526. The average molecular weight is 373 g/mol. The maximum absolute atomic E-state index is 12.7. The van der Waals surface area contributed by atoms with E-state index in [4.69, 9.17) is 0 Å². The molecule has 3 rings (SSSR count). The Hall–Kier alpha value is -2.61. The number of carbonyl (C=O) groups is 3. The number of amides is 4. The molecule has 146 valence electrons. The molecule has 2 heterocycles. The van der Waals surface area contributed by atoms with Crippen molar-refractivity contribution in [2.45, 2.75) is 44.4 Å². The van der Waals surface area contributed by atoms with Crippen molar-refractivity contribution < 1.29 is 14.4 Å². The van der Waals surface area contributed by atoms with Crippen molar-refractivity contribution in [2.24, 2.45) is 0 Å². The number of nitrogens with zero attached hydrogens (tertiary/aromatic N) is 1. The Kier molecular flexibility index (Phi) is 5.95. The highest BCUT2D eigenvalue weighted by molar-refractivity contribution is 5.94. The van der Waals surface area contributed by atoms with E-state index in [1.54, 1.807) is 24.3 Å². The minimum absolute atomic E-state index is 0.0341. The Morgan fingerprint density at radius 3 is 2.70 bits per heavy atom. The van der Waals surface area contributed by atoms with Crippen LogP contribution in [0.1, 0.15) is 30.6 Å². The molecule has 1 aromatic rings. The van der Waals surface area contributed by atoms with Crippen LogP contribution >= 0.6 is 0 Å². The van der Waals surface area contributed by atoms with E-state index in [2.05, 4.69) is 21.3 Å². The first-order valence-corrected chi connectivity index (χ1v) is 9.38. The van der Waals surface area contributed by atoms with Crippen molar-refractivity contribution in [3.8, 4) is 0 Å². The van der Waals surface area contributed by atoms with Crippen LogP contribution in [0.5, 0.6) is 0 Å². The molecule has 3 atom stereocenters. The molecule has 8 heteroatoms. The quantitative estimate of drug-likeness (QED) is 0.586. The minimum atomic E-state index is -0.447. The number of urea groups is 1. The monoisotopic (exact) mass is 373 g/mol. The highest BCUT2D eigenvalue weighted by Gasteiger charge is 2.42. The van der Waals surface area contributed by atoms with Crippen LogP contribution in [0.3, 0.4) is 0 Å². The van der Waals surface area contributed by atoms with Gasteiger partial charge >= 0.3 is 6.03 Å². The number of rotatable bonds is 5. The zero-order valence-corrected chi connectivity index (χ0v) is 15.7. The molecular formula is C19H27N5O3. The normalized spacial score (nSPS) is 24.5. The first-order chi connectivity index (χ1) is 12.9. The van der Waals surface area contributed by atoms with Gasteiger partial charge in [0.2, 0.25) is 5.91 Å². The standard InChI is InChI=1S/C19H27N5O3/c1-12(2)22-19(27)23-14-8-15-9-20-16(18(26)24(15)11-14)10-21-17(25)13-6-4-3-5-7-13/h3-7,12,14-16,20H,8-11H2,1-2H3,(H,21,25)(H2,22,23,27)/t14-,15-,16-/m0/s1. The van der Waals surface area contributed by atoms with Crippen LogP contribution in [-0.2, 0) is 4.79 Å². The summed E-state index contributed by atoms with van der Waals surface area (Å²) in [5.74, 6) is -0.230. The van der Waals surface area contributed by atoms with Gasteiger partial charge in [0.1, 0.15) is 6.04 Å². The molecule has 0 aromatic heterocycles. The Labute approximate surface area is 159 Å². The van der Waals surface area contributed by atoms with Gasteiger partial charge in [0.25, 0.3) is 5.91 Å². The molecule has 0 aliphatic carbocycles. The van der Waals surface area contributed by atoms with Gasteiger partial charge < -0.3 is 26.2 Å². The third kappa shape index (κ3) is 4.77. The van der Waals surface area contributed by atoms with Crippen LogP contribution in [0.2, 0.25) is 0 Å². The van der Waals surface area contributed by atoms with Crippen LogP contribution in [-0.4, -0.2) is 66.5 Å².